The van der Waals surface area contributed by atoms with Crippen molar-refractivity contribution in [1.82, 2.24) is 10.1 Å². The summed E-state index contributed by atoms with van der Waals surface area (Å²) in [7, 11) is -7.02. The zero-order valence-corrected chi connectivity index (χ0v) is 24.1. The number of rotatable bonds is 12. The van der Waals surface area contributed by atoms with E-state index in [-0.39, 0.29) is 27.0 Å². The van der Waals surface area contributed by atoms with Gasteiger partial charge in [0.25, 0.3) is 11.6 Å². The summed E-state index contributed by atoms with van der Waals surface area (Å²) in [6.45, 7) is 5.19. The third kappa shape index (κ3) is 8.09. The molecule has 0 radical (unpaired) electrons. The Morgan fingerprint density at radius 3 is 2.12 bits per heavy atom. The number of aryl methyl sites for hydroxylation is 1. The Kier molecular flexibility index (Phi) is 9.80. The molecule has 0 saturated heterocycles. The Hall–Kier alpha value is -4.34. The Balaban J connectivity index is 1.71. The number of methoxy groups -OCH3 is 1. The highest BCUT2D eigenvalue weighted by Crippen LogP contribution is 2.31. The quantitative estimate of drug-likeness (QED) is 0.136. The summed E-state index contributed by atoms with van der Waals surface area (Å²) < 4.78 is 63.6. The number of hydrogen-bond acceptors (Lipinski definition) is 10. The fourth-order valence-electron chi connectivity index (χ4n) is 3.42. The molecule has 1 amide bonds. The molecule has 0 aromatic heterocycles. The van der Waals surface area contributed by atoms with Gasteiger partial charge in [-0.25, -0.2) is 13.8 Å². The lowest BCUT2D eigenvalue weighted by atomic mass is 10.1. The minimum atomic E-state index is -4.33. The Morgan fingerprint density at radius 2 is 1.56 bits per heavy atom. The van der Waals surface area contributed by atoms with E-state index < -0.39 is 42.9 Å². The van der Waals surface area contributed by atoms with E-state index in [1.165, 1.54) is 43.7 Å². The maximum absolute atomic E-state index is 12.8. The first kappa shape index (κ1) is 31.2. The van der Waals surface area contributed by atoms with E-state index in [1.807, 2.05) is 6.92 Å². The van der Waals surface area contributed by atoms with Gasteiger partial charge in [0.15, 0.2) is 11.5 Å². The van der Waals surface area contributed by atoms with Gasteiger partial charge in [-0.3, -0.25) is 14.9 Å². The first-order valence-corrected chi connectivity index (χ1v) is 14.9. The number of non-ortho nitro benzene ring substituents is 1. The number of amides is 1. The van der Waals surface area contributed by atoms with Gasteiger partial charge in [-0.05, 0) is 60.9 Å². The molecule has 2 N–H and O–H groups in total. The number of benzene rings is 3. The van der Waals surface area contributed by atoms with Crippen LogP contribution >= 0.6 is 0 Å². The lowest BCUT2D eigenvalue weighted by molar-refractivity contribution is -0.384. The zero-order valence-electron chi connectivity index (χ0n) is 22.5. The van der Waals surface area contributed by atoms with Crippen molar-refractivity contribution in [2.45, 2.75) is 36.6 Å². The van der Waals surface area contributed by atoms with E-state index in [0.29, 0.717) is 5.56 Å². The second-order valence-electron chi connectivity index (χ2n) is 9.09. The number of nitro groups is 1. The predicted molar refractivity (Wildman–Crippen MR) is 150 cm³/mol. The average Bonchev–Trinajstić information content (AvgIpc) is 2.92. The second-order valence-corrected chi connectivity index (χ2v) is 12.3. The number of nitro benzene ring substituents is 1. The van der Waals surface area contributed by atoms with Crippen LogP contribution in [0.15, 0.2) is 81.6 Å². The highest BCUT2D eigenvalue weighted by Gasteiger charge is 2.28. The van der Waals surface area contributed by atoms with Gasteiger partial charge in [0.2, 0.25) is 10.0 Å². The predicted octanol–water partition coefficient (Wildman–Crippen LogP) is 3.13. The number of nitrogens with one attached hydrogen (secondary N) is 2. The third-order valence-corrected chi connectivity index (χ3v) is 8.38. The average molecular weight is 605 g/mol. The van der Waals surface area contributed by atoms with Crippen molar-refractivity contribution >= 4 is 38.0 Å². The van der Waals surface area contributed by atoms with E-state index in [0.717, 1.165) is 29.8 Å². The van der Waals surface area contributed by atoms with E-state index in [1.54, 1.807) is 26.0 Å². The summed E-state index contributed by atoms with van der Waals surface area (Å²) in [5.74, 6) is -1.22. The highest BCUT2D eigenvalue weighted by atomic mass is 32.2. The first-order chi connectivity index (χ1) is 19.2. The fourth-order valence-corrected chi connectivity index (χ4v) is 5.70. The molecule has 1 atom stereocenters. The highest BCUT2D eigenvalue weighted by molar-refractivity contribution is 7.89. The summed E-state index contributed by atoms with van der Waals surface area (Å²) in [6.07, 6.45) is 1.25. The molecular weight excluding hydrogens is 576 g/mol. The summed E-state index contributed by atoms with van der Waals surface area (Å²) in [5, 5.41) is 14.7. The molecule has 0 heterocycles. The van der Waals surface area contributed by atoms with Crippen molar-refractivity contribution in [3.8, 4) is 11.5 Å². The standard InChI is InChI=1S/C26H28N4O9S2/c1-17(2)25(29-40(34,35)21-10-5-18(3)6-11-21)26(31)28-27-16-19-7-14-23(24(15-19)38-4)39-41(36,37)22-12-8-20(9-13-22)30(32)33/h5-17,25,29H,1-4H3,(H,28,31)/b27-16-/t25-/m1/s1. The lowest BCUT2D eigenvalue weighted by Gasteiger charge is -2.20. The number of hydrogen-bond donors (Lipinski definition) is 2. The molecule has 15 heteroatoms. The van der Waals surface area contributed by atoms with E-state index >= 15 is 0 Å². The molecule has 0 aliphatic heterocycles. The molecule has 3 aromatic carbocycles. The largest absolute Gasteiger partial charge is 0.493 e. The number of carbonyl (C=O) groups excluding carboxylic acids is 1. The zero-order chi connectivity index (χ0) is 30.4. The molecule has 0 fully saturated rings. The Labute approximate surface area is 237 Å². The molecule has 0 aliphatic rings. The van der Waals surface area contributed by atoms with Crippen LogP contribution in [0, 0.1) is 23.0 Å². The van der Waals surface area contributed by atoms with Gasteiger partial charge in [0, 0.05) is 12.1 Å². The molecule has 13 nitrogen and oxygen atoms in total. The normalized spacial score (nSPS) is 12.7. The Morgan fingerprint density at radius 1 is 0.951 bits per heavy atom. The maximum Gasteiger partial charge on any atom is 0.339 e. The topological polar surface area (TPSA) is 183 Å². The number of ether oxygens (including phenoxy) is 1. The number of sulfonamides is 1. The third-order valence-electron chi connectivity index (χ3n) is 5.67. The minimum absolute atomic E-state index is 0.0232. The van der Waals surface area contributed by atoms with Crippen LogP contribution in [-0.2, 0) is 24.9 Å². The molecule has 0 spiro atoms. The van der Waals surface area contributed by atoms with Crippen molar-refractivity contribution < 1.29 is 35.5 Å². The summed E-state index contributed by atoms with van der Waals surface area (Å²) in [5.41, 5.74) is 3.31. The smallest absolute Gasteiger partial charge is 0.339 e. The van der Waals surface area contributed by atoms with Crippen LogP contribution in [-0.4, -0.2) is 47.0 Å². The van der Waals surface area contributed by atoms with E-state index in [9.17, 15) is 31.7 Å². The number of carbonyl (C=O) groups is 1. The van der Waals surface area contributed by atoms with Crippen LogP contribution in [0.3, 0.4) is 0 Å². The van der Waals surface area contributed by atoms with Crippen LogP contribution in [0.2, 0.25) is 0 Å². The second kappa shape index (κ2) is 12.9. The summed E-state index contributed by atoms with van der Waals surface area (Å²) in [4.78, 5) is 22.6. The monoisotopic (exact) mass is 604 g/mol. The van der Waals surface area contributed by atoms with Crippen LogP contribution in [0.25, 0.3) is 0 Å². The lowest BCUT2D eigenvalue weighted by Crippen LogP contribution is -2.48. The molecule has 0 saturated carbocycles. The van der Waals surface area contributed by atoms with Crippen molar-refractivity contribution in [2.24, 2.45) is 11.0 Å². The SMILES string of the molecule is COc1cc(/C=N\NC(=O)[C@H](NS(=O)(=O)c2ccc(C)cc2)C(C)C)ccc1OS(=O)(=O)c1ccc([N+](=O)[O-])cc1. The van der Waals surface area contributed by atoms with Gasteiger partial charge in [0.1, 0.15) is 10.9 Å². The van der Waals surface area contributed by atoms with Crippen molar-refractivity contribution in [3.63, 3.8) is 0 Å². The summed E-state index contributed by atoms with van der Waals surface area (Å²) in [6, 6.07) is 13.4. The van der Waals surface area contributed by atoms with E-state index in [4.69, 9.17) is 8.92 Å². The molecule has 3 rings (SSSR count). The molecule has 0 aliphatic carbocycles. The Bertz CT molecular complexity index is 1650. The fraction of sp³-hybridized carbons (Fsp3) is 0.231. The molecule has 0 unspecified atom stereocenters. The van der Waals surface area contributed by atoms with Gasteiger partial charge < -0.3 is 8.92 Å². The molecule has 218 valence electrons. The van der Waals surface area contributed by atoms with Crippen molar-refractivity contribution in [2.75, 3.05) is 7.11 Å². The maximum atomic E-state index is 12.8. The van der Waals surface area contributed by atoms with Crippen molar-refractivity contribution in [3.05, 3.63) is 88.0 Å². The van der Waals surface area contributed by atoms with Gasteiger partial charge in [-0.15, -0.1) is 0 Å². The minimum Gasteiger partial charge on any atom is -0.493 e. The van der Waals surface area contributed by atoms with Gasteiger partial charge in [-0.2, -0.15) is 18.2 Å². The van der Waals surface area contributed by atoms with Gasteiger partial charge in [-0.1, -0.05) is 31.5 Å². The van der Waals surface area contributed by atoms with Crippen molar-refractivity contribution in [1.29, 1.82) is 0 Å². The first-order valence-electron chi connectivity index (χ1n) is 12.0. The molecule has 3 aromatic rings. The molecule has 0 bridgehead atoms. The number of nitrogens with zero attached hydrogens (tertiary/aromatic N) is 2. The number of hydrazone groups is 1. The summed E-state index contributed by atoms with van der Waals surface area (Å²) >= 11 is 0. The van der Waals surface area contributed by atoms with Gasteiger partial charge in [0.05, 0.1) is 23.1 Å². The van der Waals surface area contributed by atoms with Crippen LogP contribution in [0.5, 0.6) is 11.5 Å². The molecular formula is C26H28N4O9S2. The van der Waals surface area contributed by atoms with Gasteiger partial charge >= 0.3 is 10.1 Å². The van der Waals surface area contributed by atoms with E-state index in [2.05, 4.69) is 15.2 Å². The molecule has 41 heavy (non-hydrogen) atoms. The van der Waals surface area contributed by atoms with Crippen LogP contribution in [0.1, 0.15) is 25.0 Å². The van der Waals surface area contributed by atoms with Crippen LogP contribution in [0.4, 0.5) is 5.69 Å². The van der Waals surface area contributed by atoms with Crippen LogP contribution < -0.4 is 19.1 Å².